The molecule has 2 aromatic carbocycles. The van der Waals surface area contributed by atoms with Gasteiger partial charge in [0.05, 0.1) is 5.02 Å². The Morgan fingerprint density at radius 2 is 1.92 bits per heavy atom. The van der Waals surface area contributed by atoms with E-state index in [0.29, 0.717) is 32.6 Å². The molecular formula is C17H16Cl2N2O3. The summed E-state index contributed by atoms with van der Waals surface area (Å²) >= 11 is 11.8. The molecule has 126 valence electrons. The number of amides is 2. The minimum absolute atomic E-state index is 0.215. The maximum atomic E-state index is 12.1. The van der Waals surface area contributed by atoms with Crippen molar-refractivity contribution in [3.8, 4) is 5.75 Å². The largest absolute Gasteiger partial charge is 0.482 e. The molecule has 0 aliphatic heterocycles. The molecule has 0 atom stereocenters. The Hall–Kier alpha value is -2.24. The van der Waals surface area contributed by atoms with E-state index >= 15 is 0 Å². The maximum Gasteiger partial charge on any atom is 0.262 e. The third-order valence-corrected chi connectivity index (χ3v) is 3.86. The third kappa shape index (κ3) is 4.40. The molecule has 5 nitrogen and oxygen atoms in total. The molecule has 0 spiro atoms. The highest BCUT2D eigenvalue weighted by atomic mass is 35.5. The lowest BCUT2D eigenvalue weighted by molar-refractivity contribution is -0.118. The van der Waals surface area contributed by atoms with Gasteiger partial charge in [0.25, 0.3) is 11.8 Å². The summed E-state index contributed by atoms with van der Waals surface area (Å²) in [6.07, 6.45) is 0. The number of halogens is 2. The highest BCUT2D eigenvalue weighted by molar-refractivity contribution is 6.35. The van der Waals surface area contributed by atoms with Crippen molar-refractivity contribution in [1.82, 2.24) is 5.32 Å². The van der Waals surface area contributed by atoms with Gasteiger partial charge < -0.3 is 15.4 Å². The first-order chi connectivity index (χ1) is 11.4. The van der Waals surface area contributed by atoms with Crippen molar-refractivity contribution < 1.29 is 14.3 Å². The average Bonchev–Trinajstić information content (AvgIpc) is 2.55. The number of anilines is 1. The number of carbonyl (C=O) groups is 2. The topological polar surface area (TPSA) is 67.4 Å². The first-order valence-corrected chi connectivity index (χ1v) is 7.87. The summed E-state index contributed by atoms with van der Waals surface area (Å²) < 4.78 is 5.38. The van der Waals surface area contributed by atoms with Crippen molar-refractivity contribution in [2.75, 3.05) is 19.0 Å². The Kier molecular flexibility index (Phi) is 6.06. The van der Waals surface area contributed by atoms with E-state index in [2.05, 4.69) is 10.6 Å². The van der Waals surface area contributed by atoms with Crippen LogP contribution in [0.3, 0.4) is 0 Å². The number of carbonyl (C=O) groups excluding carboxylic acids is 2. The lowest BCUT2D eigenvalue weighted by atomic mass is 10.1. The van der Waals surface area contributed by atoms with Crippen LogP contribution < -0.4 is 15.4 Å². The molecule has 2 amide bonds. The van der Waals surface area contributed by atoms with Gasteiger partial charge in [0.15, 0.2) is 6.61 Å². The van der Waals surface area contributed by atoms with Gasteiger partial charge in [-0.05, 0) is 42.8 Å². The zero-order valence-electron chi connectivity index (χ0n) is 13.2. The Balaban J connectivity index is 2.03. The summed E-state index contributed by atoms with van der Waals surface area (Å²) in [5, 5.41) is 6.09. The highest BCUT2D eigenvalue weighted by Crippen LogP contribution is 2.27. The number of nitrogens with one attached hydrogen (secondary N) is 2. The normalized spacial score (nSPS) is 10.2. The van der Waals surface area contributed by atoms with Gasteiger partial charge in [-0.3, -0.25) is 9.59 Å². The van der Waals surface area contributed by atoms with E-state index in [1.54, 1.807) is 44.3 Å². The predicted molar refractivity (Wildman–Crippen MR) is 95.2 cm³/mol. The van der Waals surface area contributed by atoms with Crippen LogP contribution in [0.1, 0.15) is 15.9 Å². The second-order valence-corrected chi connectivity index (χ2v) is 5.81. The predicted octanol–water partition coefficient (Wildman–Crippen LogP) is 3.68. The van der Waals surface area contributed by atoms with E-state index in [4.69, 9.17) is 27.9 Å². The van der Waals surface area contributed by atoms with Gasteiger partial charge in [-0.1, -0.05) is 29.3 Å². The monoisotopic (exact) mass is 366 g/mol. The third-order valence-electron chi connectivity index (χ3n) is 3.33. The fourth-order valence-electron chi connectivity index (χ4n) is 2.07. The van der Waals surface area contributed by atoms with Gasteiger partial charge in [-0.15, -0.1) is 0 Å². The molecule has 0 aromatic heterocycles. The number of ether oxygens (including phenoxy) is 1. The van der Waals surface area contributed by atoms with Gasteiger partial charge in [0.1, 0.15) is 5.75 Å². The van der Waals surface area contributed by atoms with E-state index in [1.165, 1.54) is 6.07 Å². The summed E-state index contributed by atoms with van der Waals surface area (Å²) in [5.74, 6) is -0.210. The smallest absolute Gasteiger partial charge is 0.262 e. The number of rotatable bonds is 5. The van der Waals surface area contributed by atoms with E-state index in [9.17, 15) is 9.59 Å². The molecule has 0 radical (unpaired) electrons. The molecule has 2 N–H and O–H groups in total. The molecule has 0 bridgehead atoms. The molecule has 2 aromatic rings. The SMILES string of the molecule is CNC(=O)c1cccc(NC(=O)COc2ccc(Cl)cc2Cl)c1C. The van der Waals surface area contributed by atoms with Crippen LogP contribution >= 0.6 is 23.2 Å². The molecule has 0 aliphatic carbocycles. The van der Waals surface area contributed by atoms with Gasteiger partial charge in [0.2, 0.25) is 0 Å². The van der Waals surface area contributed by atoms with Crippen molar-refractivity contribution >= 4 is 40.7 Å². The van der Waals surface area contributed by atoms with Gasteiger partial charge in [-0.25, -0.2) is 0 Å². The zero-order valence-corrected chi connectivity index (χ0v) is 14.7. The molecular weight excluding hydrogens is 351 g/mol. The summed E-state index contributed by atoms with van der Waals surface area (Å²) in [4.78, 5) is 23.8. The van der Waals surface area contributed by atoms with Crippen molar-refractivity contribution in [1.29, 1.82) is 0 Å². The van der Waals surface area contributed by atoms with Crippen molar-refractivity contribution in [2.45, 2.75) is 6.92 Å². The lowest BCUT2D eigenvalue weighted by Gasteiger charge is -2.12. The van der Waals surface area contributed by atoms with Crippen LogP contribution in [0.25, 0.3) is 0 Å². The first-order valence-electron chi connectivity index (χ1n) is 7.11. The van der Waals surface area contributed by atoms with Crippen molar-refractivity contribution in [2.24, 2.45) is 0 Å². The van der Waals surface area contributed by atoms with Crippen molar-refractivity contribution in [3.05, 3.63) is 57.6 Å². The summed E-state index contributed by atoms with van der Waals surface area (Å²) in [6, 6.07) is 9.85. The molecule has 24 heavy (non-hydrogen) atoms. The Morgan fingerprint density at radius 1 is 1.17 bits per heavy atom. The maximum absolute atomic E-state index is 12.1. The van der Waals surface area contributed by atoms with Crippen LogP contribution in [0.4, 0.5) is 5.69 Å². The van der Waals surface area contributed by atoms with Crippen LogP contribution in [0.2, 0.25) is 10.0 Å². The summed E-state index contributed by atoms with van der Waals surface area (Å²) in [6.45, 7) is 1.54. The molecule has 0 saturated carbocycles. The van der Waals surface area contributed by atoms with Crippen LogP contribution in [0, 0.1) is 6.92 Å². The number of hydrogen-bond donors (Lipinski definition) is 2. The van der Waals surface area contributed by atoms with E-state index in [1.807, 2.05) is 0 Å². The van der Waals surface area contributed by atoms with E-state index < -0.39 is 0 Å². The number of benzene rings is 2. The Bertz CT molecular complexity index is 778. The number of hydrogen-bond acceptors (Lipinski definition) is 3. The Morgan fingerprint density at radius 3 is 2.58 bits per heavy atom. The molecule has 0 saturated heterocycles. The van der Waals surface area contributed by atoms with Crippen LogP contribution in [0.5, 0.6) is 5.75 Å². The van der Waals surface area contributed by atoms with Crippen LogP contribution in [-0.4, -0.2) is 25.5 Å². The molecule has 0 aliphatic rings. The minimum atomic E-state index is -0.363. The van der Waals surface area contributed by atoms with E-state index in [-0.39, 0.29) is 18.4 Å². The molecule has 0 unspecified atom stereocenters. The average molecular weight is 367 g/mol. The molecule has 0 heterocycles. The minimum Gasteiger partial charge on any atom is -0.482 e. The second kappa shape index (κ2) is 8.04. The lowest BCUT2D eigenvalue weighted by Crippen LogP contribution is -2.23. The standard InChI is InChI=1S/C17H16Cl2N2O3/c1-10-12(17(23)20-2)4-3-5-14(10)21-16(22)9-24-15-7-6-11(18)8-13(15)19/h3-8H,9H2,1-2H3,(H,20,23)(H,21,22). The molecule has 0 fully saturated rings. The molecule has 7 heteroatoms. The summed E-state index contributed by atoms with van der Waals surface area (Å²) in [5.41, 5.74) is 1.72. The fourth-order valence-corrected chi connectivity index (χ4v) is 2.54. The highest BCUT2D eigenvalue weighted by Gasteiger charge is 2.13. The first kappa shape index (κ1) is 18.1. The fraction of sp³-hybridized carbons (Fsp3) is 0.176. The zero-order chi connectivity index (χ0) is 17.7. The van der Waals surface area contributed by atoms with Gasteiger partial charge in [0, 0.05) is 23.3 Å². The quantitative estimate of drug-likeness (QED) is 0.847. The van der Waals surface area contributed by atoms with E-state index in [0.717, 1.165) is 0 Å². The van der Waals surface area contributed by atoms with Gasteiger partial charge in [-0.2, -0.15) is 0 Å². The van der Waals surface area contributed by atoms with Crippen molar-refractivity contribution in [3.63, 3.8) is 0 Å². The Labute approximate surface area is 149 Å². The molecule has 2 rings (SSSR count). The van der Waals surface area contributed by atoms with Crippen LogP contribution in [0.15, 0.2) is 36.4 Å². The van der Waals surface area contributed by atoms with Gasteiger partial charge >= 0.3 is 0 Å². The van der Waals surface area contributed by atoms with Crippen LogP contribution in [-0.2, 0) is 4.79 Å². The second-order valence-electron chi connectivity index (χ2n) is 4.97. The summed E-state index contributed by atoms with van der Waals surface area (Å²) in [7, 11) is 1.55.